The van der Waals surface area contributed by atoms with Crippen LogP contribution < -0.4 is 5.32 Å². The standard InChI is InChI=1S/C18H20FN3O2/c1-13(23)21-10-6-14(7-11-21)18(24)20-15-4-5-16(19)17(12-15)22-8-2-3-9-22/h2-5,8-9,12,14H,6-7,10-11H2,1H3,(H,20,24). The molecule has 2 heterocycles. The van der Waals surface area contributed by atoms with E-state index in [9.17, 15) is 14.0 Å². The summed E-state index contributed by atoms with van der Waals surface area (Å²) in [6.45, 7) is 2.75. The van der Waals surface area contributed by atoms with E-state index < -0.39 is 0 Å². The van der Waals surface area contributed by atoms with Crippen LogP contribution in [-0.4, -0.2) is 34.4 Å². The number of nitrogens with one attached hydrogen (secondary N) is 1. The van der Waals surface area contributed by atoms with Crippen LogP contribution >= 0.6 is 0 Å². The van der Waals surface area contributed by atoms with E-state index in [0.717, 1.165) is 0 Å². The van der Waals surface area contributed by atoms with Crippen molar-refractivity contribution in [2.24, 2.45) is 5.92 Å². The third kappa shape index (κ3) is 3.48. The Balaban J connectivity index is 1.67. The first kappa shape index (κ1) is 16.2. The van der Waals surface area contributed by atoms with Gasteiger partial charge in [0.15, 0.2) is 0 Å². The maximum Gasteiger partial charge on any atom is 0.227 e. The molecule has 1 N–H and O–H groups in total. The van der Waals surface area contributed by atoms with Gasteiger partial charge in [-0.15, -0.1) is 0 Å². The van der Waals surface area contributed by atoms with Crippen LogP contribution in [0.25, 0.3) is 5.69 Å². The normalized spacial score (nSPS) is 15.3. The van der Waals surface area contributed by atoms with Crippen LogP contribution in [0.5, 0.6) is 0 Å². The third-order valence-electron chi connectivity index (χ3n) is 4.41. The minimum absolute atomic E-state index is 0.0451. The van der Waals surface area contributed by atoms with Gasteiger partial charge in [0, 0.05) is 44.0 Å². The van der Waals surface area contributed by atoms with Crippen LogP contribution in [0.4, 0.5) is 10.1 Å². The Bertz CT molecular complexity index is 735. The molecule has 1 aliphatic rings. The predicted octanol–water partition coefficient (Wildman–Crippen LogP) is 2.81. The Labute approximate surface area is 140 Å². The van der Waals surface area contributed by atoms with Crippen LogP contribution in [0.3, 0.4) is 0 Å². The molecule has 1 saturated heterocycles. The van der Waals surface area contributed by atoms with Gasteiger partial charge in [-0.25, -0.2) is 4.39 Å². The lowest BCUT2D eigenvalue weighted by atomic mass is 9.96. The minimum Gasteiger partial charge on any atom is -0.343 e. The summed E-state index contributed by atoms with van der Waals surface area (Å²) in [7, 11) is 0. The van der Waals surface area contributed by atoms with Gasteiger partial charge >= 0.3 is 0 Å². The number of halogens is 1. The summed E-state index contributed by atoms with van der Waals surface area (Å²) in [5.74, 6) is -0.508. The second-order valence-corrected chi connectivity index (χ2v) is 6.03. The fourth-order valence-electron chi connectivity index (χ4n) is 2.98. The Kier molecular flexibility index (Phi) is 4.64. The number of hydrogen-bond donors (Lipinski definition) is 1. The number of benzene rings is 1. The maximum atomic E-state index is 14.0. The van der Waals surface area contributed by atoms with Crippen molar-refractivity contribution in [1.29, 1.82) is 0 Å². The van der Waals surface area contributed by atoms with Gasteiger partial charge in [-0.3, -0.25) is 9.59 Å². The van der Waals surface area contributed by atoms with Crippen molar-refractivity contribution in [3.8, 4) is 5.69 Å². The highest BCUT2D eigenvalue weighted by molar-refractivity contribution is 5.93. The largest absolute Gasteiger partial charge is 0.343 e. The molecule has 0 saturated carbocycles. The second kappa shape index (κ2) is 6.86. The Morgan fingerprint density at radius 3 is 2.46 bits per heavy atom. The summed E-state index contributed by atoms with van der Waals surface area (Å²) in [6, 6.07) is 8.16. The molecule has 1 aromatic carbocycles. The van der Waals surface area contributed by atoms with Gasteiger partial charge in [-0.05, 0) is 43.2 Å². The topological polar surface area (TPSA) is 54.3 Å². The molecule has 0 unspecified atom stereocenters. The number of anilines is 1. The highest BCUT2D eigenvalue weighted by Crippen LogP contribution is 2.22. The second-order valence-electron chi connectivity index (χ2n) is 6.03. The molecule has 126 valence electrons. The molecular formula is C18H20FN3O2. The molecular weight excluding hydrogens is 309 g/mol. The van der Waals surface area contributed by atoms with Crippen molar-refractivity contribution in [3.63, 3.8) is 0 Å². The molecule has 1 fully saturated rings. The highest BCUT2D eigenvalue weighted by atomic mass is 19.1. The van der Waals surface area contributed by atoms with Gasteiger partial charge in [0.1, 0.15) is 5.82 Å². The number of carbonyl (C=O) groups excluding carboxylic acids is 2. The van der Waals surface area contributed by atoms with Crippen molar-refractivity contribution in [3.05, 3.63) is 48.5 Å². The van der Waals surface area contributed by atoms with Crippen molar-refractivity contribution in [2.45, 2.75) is 19.8 Å². The zero-order valence-corrected chi connectivity index (χ0v) is 13.5. The minimum atomic E-state index is -0.348. The summed E-state index contributed by atoms with van der Waals surface area (Å²) >= 11 is 0. The van der Waals surface area contributed by atoms with Crippen molar-refractivity contribution < 1.29 is 14.0 Å². The van der Waals surface area contributed by atoms with Gasteiger partial charge in [0.25, 0.3) is 0 Å². The lowest BCUT2D eigenvalue weighted by Crippen LogP contribution is -2.40. The number of nitrogens with zero attached hydrogens (tertiary/aromatic N) is 2. The number of rotatable bonds is 3. The molecule has 24 heavy (non-hydrogen) atoms. The Hall–Kier alpha value is -2.63. The number of hydrogen-bond acceptors (Lipinski definition) is 2. The molecule has 0 spiro atoms. The number of aromatic nitrogens is 1. The average Bonchev–Trinajstić information content (AvgIpc) is 3.11. The first-order valence-corrected chi connectivity index (χ1v) is 8.04. The number of likely N-dealkylation sites (tertiary alicyclic amines) is 1. The van der Waals surface area contributed by atoms with E-state index in [0.29, 0.717) is 37.3 Å². The molecule has 3 rings (SSSR count). The molecule has 0 atom stereocenters. The SMILES string of the molecule is CC(=O)N1CCC(C(=O)Nc2ccc(F)c(-n3cccc3)c2)CC1. The first-order chi connectivity index (χ1) is 11.5. The van der Waals surface area contributed by atoms with E-state index in [1.54, 1.807) is 40.9 Å². The molecule has 1 aliphatic heterocycles. The van der Waals surface area contributed by atoms with E-state index in [-0.39, 0.29) is 23.5 Å². The quantitative estimate of drug-likeness (QED) is 0.941. The molecule has 5 nitrogen and oxygen atoms in total. The summed E-state index contributed by atoms with van der Waals surface area (Å²) in [5, 5.41) is 2.86. The lowest BCUT2D eigenvalue weighted by molar-refractivity contribution is -0.132. The van der Waals surface area contributed by atoms with Crippen LogP contribution in [0, 0.1) is 11.7 Å². The van der Waals surface area contributed by atoms with Gasteiger partial charge in [0.2, 0.25) is 11.8 Å². The average molecular weight is 329 g/mol. The fraction of sp³-hybridized carbons (Fsp3) is 0.333. The third-order valence-corrected chi connectivity index (χ3v) is 4.41. The van der Waals surface area contributed by atoms with E-state index in [4.69, 9.17) is 0 Å². The van der Waals surface area contributed by atoms with E-state index >= 15 is 0 Å². The molecule has 0 aliphatic carbocycles. The number of amides is 2. The molecule has 6 heteroatoms. The summed E-state index contributed by atoms with van der Waals surface area (Å²) < 4.78 is 15.6. The smallest absolute Gasteiger partial charge is 0.227 e. The summed E-state index contributed by atoms with van der Waals surface area (Å²) in [6.07, 6.45) is 4.80. The van der Waals surface area contributed by atoms with Crippen LogP contribution in [0.1, 0.15) is 19.8 Å². The number of piperidine rings is 1. The first-order valence-electron chi connectivity index (χ1n) is 8.04. The number of carbonyl (C=O) groups is 2. The van der Waals surface area contributed by atoms with E-state index in [1.807, 2.05) is 12.1 Å². The van der Waals surface area contributed by atoms with Crippen LogP contribution in [0.15, 0.2) is 42.7 Å². The zero-order chi connectivity index (χ0) is 17.1. The van der Waals surface area contributed by atoms with Crippen molar-refractivity contribution in [2.75, 3.05) is 18.4 Å². The molecule has 0 radical (unpaired) electrons. The fourth-order valence-corrected chi connectivity index (χ4v) is 2.98. The molecule has 1 aromatic heterocycles. The van der Waals surface area contributed by atoms with Crippen LogP contribution in [-0.2, 0) is 9.59 Å². The monoisotopic (exact) mass is 329 g/mol. The Morgan fingerprint density at radius 1 is 1.17 bits per heavy atom. The summed E-state index contributed by atoms with van der Waals surface area (Å²) in [5.41, 5.74) is 0.961. The molecule has 2 aromatic rings. The van der Waals surface area contributed by atoms with Gasteiger partial charge in [-0.2, -0.15) is 0 Å². The summed E-state index contributed by atoms with van der Waals surface area (Å²) in [4.78, 5) is 25.5. The maximum absolute atomic E-state index is 14.0. The predicted molar refractivity (Wildman–Crippen MR) is 89.3 cm³/mol. The van der Waals surface area contributed by atoms with Gasteiger partial charge in [-0.1, -0.05) is 0 Å². The zero-order valence-electron chi connectivity index (χ0n) is 13.5. The lowest BCUT2D eigenvalue weighted by Gasteiger charge is -2.30. The van der Waals surface area contributed by atoms with Crippen LogP contribution in [0.2, 0.25) is 0 Å². The van der Waals surface area contributed by atoms with E-state index in [1.165, 1.54) is 6.07 Å². The highest BCUT2D eigenvalue weighted by Gasteiger charge is 2.26. The molecule has 2 amide bonds. The van der Waals surface area contributed by atoms with Gasteiger partial charge in [0.05, 0.1) is 5.69 Å². The van der Waals surface area contributed by atoms with Crippen molar-refractivity contribution >= 4 is 17.5 Å². The Morgan fingerprint density at radius 2 is 1.83 bits per heavy atom. The van der Waals surface area contributed by atoms with Crippen molar-refractivity contribution in [1.82, 2.24) is 9.47 Å². The molecule has 0 bridgehead atoms. The van der Waals surface area contributed by atoms with Gasteiger partial charge < -0.3 is 14.8 Å². The van der Waals surface area contributed by atoms with E-state index in [2.05, 4.69) is 5.32 Å².